The number of rotatable bonds is 4. The minimum Gasteiger partial charge on any atom is -0.466 e. The van der Waals surface area contributed by atoms with E-state index in [1.54, 1.807) is 13.8 Å². The van der Waals surface area contributed by atoms with E-state index in [4.69, 9.17) is 9.47 Å². The lowest BCUT2D eigenvalue weighted by molar-refractivity contribution is -0.171. The van der Waals surface area contributed by atoms with Crippen molar-refractivity contribution < 1.29 is 23.9 Å². The van der Waals surface area contributed by atoms with E-state index >= 15 is 0 Å². The highest BCUT2D eigenvalue weighted by Crippen LogP contribution is 2.48. The Morgan fingerprint density at radius 1 is 1.24 bits per heavy atom. The first-order chi connectivity index (χ1) is 9.94. The van der Waals surface area contributed by atoms with Crippen LogP contribution in [0.15, 0.2) is 12.2 Å². The molecule has 1 saturated carbocycles. The molecule has 0 aromatic carbocycles. The fourth-order valence-corrected chi connectivity index (χ4v) is 3.48. The molecule has 0 aliphatic heterocycles. The van der Waals surface area contributed by atoms with Gasteiger partial charge in [-0.25, -0.2) is 0 Å². The number of ketones is 1. The zero-order valence-corrected chi connectivity index (χ0v) is 12.8. The fraction of sp³-hybridized carbons (Fsp3) is 0.688. The Bertz CT molecular complexity index is 481. The molecule has 0 N–H and O–H groups in total. The van der Waals surface area contributed by atoms with Gasteiger partial charge in [-0.1, -0.05) is 12.2 Å². The Balaban J connectivity index is 2.36. The van der Waals surface area contributed by atoms with Gasteiger partial charge >= 0.3 is 11.9 Å². The molecule has 2 aliphatic carbocycles. The molecule has 0 spiro atoms. The van der Waals surface area contributed by atoms with Crippen LogP contribution < -0.4 is 0 Å². The van der Waals surface area contributed by atoms with Gasteiger partial charge in [-0.05, 0) is 33.6 Å². The third-order valence-corrected chi connectivity index (χ3v) is 4.43. The van der Waals surface area contributed by atoms with Crippen molar-refractivity contribution in [3.63, 3.8) is 0 Å². The van der Waals surface area contributed by atoms with Crippen molar-refractivity contribution in [1.82, 2.24) is 0 Å². The van der Waals surface area contributed by atoms with Crippen LogP contribution in [0.5, 0.6) is 0 Å². The third kappa shape index (κ3) is 2.74. The number of allylic oxidation sites excluding steroid dienone is 2. The molecule has 116 valence electrons. The summed E-state index contributed by atoms with van der Waals surface area (Å²) in [5.74, 6) is -2.66. The predicted molar refractivity (Wildman–Crippen MR) is 75.2 cm³/mol. The van der Waals surface area contributed by atoms with E-state index < -0.39 is 35.1 Å². The zero-order chi connectivity index (χ0) is 15.6. The molecular formula is C16H22O5. The molecule has 0 aromatic heterocycles. The second kappa shape index (κ2) is 6.00. The molecule has 0 heterocycles. The van der Waals surface area contributed by atoms with Gasteiger partial charge in [-0.3, -0.25) is 14.4 Å². The van der Waals surface area contributed by atoms with Crippen LogP contribution >= 0.6 is 0 Å². The summed E-state index contributed by atoms with van der Waals surface area (Å²) in [7, 11) is 0. The van der Waals surface area contributed by atoms with Crippen molar-refractivity contribution >= 4 is 17.7 Å². The number of ether oxygens (including phenoxy) is 2. The van der Waals surface area contributed by atoms with Crippen LogP contribution in [0.25, 0.3) is 0 Å². The van der Waals surface area contributed by atoms with Gasteiger partial charge in [0.2, 0.25) is 0 Å². The number of esters is 2. The lowest BCUT2D eigenvalue weighted by atomic mass is 9.57. The third-order valence-electron chi connectivity index (χ3n) is 4.43. The lowest BCUT2D eigenvalue weighted by Gasteiger charge is -2.44. The molecular weight excluding hydrogens is 272 g/mol. The average Bonchev–Trinajstić information content (AvgIpc) is 2.41. The predicted octanol–water partition coefficient (Wildman–Crippen LogP) is 1.90. The maximum atomic E-state index is 12.6. The van der Waals surface area contributed by atoms with Crippen molar-refractivity contribution in [2.75, 3.05) is 13.2 Å². The summed E-state index contributed by atoms with van der Waals surface area (Å²) < 4.78 is 10.2. The molecule has 0 saturated heterocycles. The Morgan fingerprint density at radius 3 is 2.48 bits per heavy atom. The van der Waals surface area contributed by atoms with E-state index in [0.717, 1.165) is 0 Å². The van der Waals surface area contributed by atoms with Crippen molar-refractivity contribution in [3.05, 3.63) is 12.2 Å². The molecule has 1 fully saturated rings. The Labute approximate surface area is 124 Å². The molecule has 0 amide bonds. The normalized spacial score (nSPS) is 34.4. The van der Waals surface area contributed by atoms with Crippen molar-refractivity contribution in [2.24, 2.45) is 23.2 Å². The molecule has 21 heavy (non-hydrogen) atoms. The van der Waals surface area contributed by atoms with Gasteiger partial charge in [0.25, 0.3) is 0 Å². The Hall–Kier alpha value is -1.65. The van der Waals surface area contributed by atoms with Gasteiger partial charge in [-0.2, -0.15) is 0 Å². The van der Waals surface area contributed by atoms with E-state index in [2.05, 4.69) is 0 Å². The van der Waals surface area contributed by atoms with Gasteiger partial charge in [-0.15, -0.1) is 0 Å². The van der Waals surface area contributed by atoms with E-state index in [1.807, 2.05) is 19.1 Å². The van der Waals surface area contributed by atoms with Crippen molar-refractivity contribution in [3.8, 4) is 0 Å². The molecule has 2 aliphatic rings. The van der Waals surface area contributed by atoms with Gasteiger partial charge in [0.05, 0.1) is 25.0 Å². The number of hydrogen-bond acceptors (Lipinski definition) is 5. The summed E-state index contributed by atoms with van der Waals surface area (Å²) in [6.45, 7) is 5.76. The number of hydrogen-bond donors (Lipinski definition) is 0. The Kier molecular flexibility index (Phi) is 4.49. The van der Waals surface area contributed by atoms with Gasteiger partial charge in [0.15, 0.2) is 0 Å². The summed E-state index contributed by atoms with van der Waals surface area (Å²) in [5.41, 5.74) is -0.677. The first kappa shape index (κ1) is 15.7. The van der Waals surface area contributed by atoms with Crippen LogP contribution in [0, 0.1) is 23.2 Å². The minimum absolute atomic E-state index is 0.0311. The van der Waals surface area contributed by atoms with Crippen LogP contribution in [-0.4, -0.2) is 30.9 Å². The molecule has 5 heteroatoms. The molecule has 5 nitrogen and oxygen atoms in total. The first-order valence-corrected chi connectivity index (χ1v) is 7.50. The SMILES string of the molecule is CCOC(=O)[C@@H]1[C@@H]2CC=C[C@](C)(C[C@H]1C(=O)OCC)C2=O. The van der Waals surface area contributed by atoms with Gasteiger partial charge in [0, 0.05) is 11.3 Å². The minimum atomic E-state index is -0.727. The molecule has 2 rings (SSSR count). The quantitative estimate of drug-likeness (QED) is 0.585. The van der Waals surface area contributed by atoms with Gasteiger partial charge < -0.3 is 9.47 Å². The summed E-state index contributed by atoms with van der Waals surface area (Å²) in [4.78, 5) is 37.1. The smallest absolute Gasteiger partial charge is 0.310 e. The van der Waals surface area contributed by atoms with Crippen LogP contribution in [0.2, 0.25) is 0 Å². The second-order valence-electron chi connectivity index (χ2n) is 5.87. The summed E-state index contributed by atoms with van der Waals surface area (Å²) in [6.07, 6.45) is 4.58. The second-order valence-corrected chi connectivity index (χ2v) is 5.87. The molecule has 2 bridgehead atoms. The highest BCUT2D eigenvalue weighted by molar-refractivity contribution is 5.97. The zero-order valence-electron chi connectivity index (χ0n) is 12.8. The summed E-state index contributed by atoms with van der Waals surface area (Å²) in [6, 6.07) is 0. The number of carbonyl (C=O) groups excluding carboxylic acids is 3. The summed E-state index contributed by atoms with van der Waals surface area (Å²) >= 11 is 0. The average molecular weight is 294 g/mol. The van der Waals surface area contributed by atoms with Crippen LogP contribution in [0.3, 0.4) is 0 Å². The number of Topliss-reactive ketones (excluding diaryl/α,β-unsaturated/α-hetero) is 1. The van der Waals surface area contributed by atoms with Crippen LogP contribution in [0.4, 0.5) is 0 Å². The molecule has 0 radical (unpaired) electrons. The van der Waals surface area contributed by atoms with Crippen LogP contribution in [0.1, 0.15) is 33.6 Å². The van der Waals surface area contributed by atoms with E-state index in [0.29, 0.717) is 12.8 Å². The first-order valence-electron chi connectivity index (χ1n) is 7.50. The Morgan fingerprint density at radius 2 is 1.86 bits per heavy atom. The standard InChI is InChI=1S/C16H22O5/c1-4-20-14(18)11-9-16(3)8-6-7-10(13(16)17)12(11)15(19)21-5-2/h6,8,10-12H,4-5,7,9H2,1-3H3/t10-,11+,12+,16+/m0/s1. The maximum absolute atomic E-state index is 12.6. The van der Waals surface area contributed by atoms with Gasteiger partial charge in [0.1, 0.15) is 5.78 Å². The summed E-state index contributed by atoms with van der Waals surface area (Å²) in [5, 5.41) is 0. The molecule has 0 aromatic rings. The maximum Gasteiger partial charge on any atom is 0.310 e. The highest BCUT2D eigenvalue weighted by atomic mass is 16.5. The van der Waals surface area contributed by atoms with E-state index in [1.165, 1.54) is 0 Å². The van der Waals surface area contributed by atoms with Crippen LogP contribution in [-0.2, 0) is 23.9 Å². The topological polar surface area (TPSA) is 69.7 Å². The van der Waals surface area contributed by atoms with E-state index in [-0.39, 0.29) is 19.0 Å². The number of fused-ring (bicyclic) bond motifs is 2. The van der Waals surface area contributed by atoms with Crippen molar-refractivity contribution in [2.45, 2.75) is 33.6 Å². The lowest BCUT2D eigenvalue weighted by Crippen LogP contribution is -2.52. The largest absolute Gasteiger partial charge is 0.466 e. The molecule has 4 atom stereocenters. The van der Waals surface area contributed by atoms with E-state index in [9.17, 15) is 14.4 Å². The molecule has 0 unspecified atom stereocenters. The highest BCUT2D eigenvalue weighted by Gasteiger charge is 2.55. The number of carbonyl (C=O) groups is 3. The monoisotopic (exact) mass is 294 g/mol. The van der Waals surface area contributed by atoms with Crippen molar-refractivity contribution in [1.29, 1.82) is 0 Å². The fourth-order valence-electron chi connectivity index (χ4n) is 3.48.